The van der Waals surface area contributed by atoms with Gasteiger partial charge in [0, 0.05) is 6.54 Å². The Morgan fingerprint density at radius 2 is 2.05 bits per heavy atom. The van der Waals surface area contributed by atoms with Crippen molar-refractivity contribution in [3.8, 4) is 5.75 Å². The molecule has 4 heteroatoms. The van der Waals surface area contributed by atoms with Gasteiger partial charge >= 0.3 is 0 Å². The first kappa shape index (κ1) is 15.3. The van der Waals surface area contributed by atoms with Crippen molar-refractivity contribution in [2.75, 3.05) is 25.0 Å². The molecule has 0 aromatic heterocycles. The van der Waals surface area contributed by atoms with Crippen LogP contribution in [0.2, 0.25) is 0 Å². The van der Waals surface area contributed by atoms with E-state index in [4.69, 9.17) is 4.74 Å². The molecular weight excluding hydrogens is 240 g/mol. The van der Waals surface area contributed by atoms with Crippen LogP contribution in [0.1, 0.15) is 27.2 Å². The molecule has 4 nitrogen and oxygen atoms in total. The van der Waals surface area contributed by atoms with Gasteiger partial charge in [-0.25, -0.2) is 0 Å². The Hall–Kier alpha value is -1.71. The number of rotatable bonds is 8. The zero-order chi connectivity index (χ0) is 14.1. The summed E-state index contributed by atoms with van der Waals surface area (Å²) in [4.78, 5) is 11.5. The fourth-order valence-electron chi connectivity index (χ4n) is 1.50. The molecule has 0 atom stereocenters. The maximum absolute atomic E-state index is 11.5. The minimum Gasteiger partial charge on any atom is -0.491 e. The molecule has 1 rings (SSSR count). The molecule has 1 aromatic carbocycles. The highest BCUT2D eigenvalue weighted by molar-refractivity contribution is 5.81. The Balaban J connectivity index is 2.50. The van der Waals surface area contributed by atoms with Crippen molar-refractivity contribution in [3.05, 3.63) is 24.3 Å². The van der Waals surface area contributed by atoms with Crippen LogP contribution >= 0.6 is 0 Å². The van der Waals surface area contributed by atoms with Gasteiger partial charge in [0.15, 0.2) is 0 Å². The number of carbonyl (C=O) groups is 1. The first-order valence-corrected chi connectivity index (χ1v) is 6.85. The van der Waals surface area contributed by atoms with Crippen molar-refractivity contribution in [2.24, 2.45) is 5.92 Å². The summed E-state index contributed by atoms with van der Waals surface area (Å²) >= 11 is 0. The average Bonchev–Trinajstić information content (AvgIpc) is 2.41. The van der Waals surface area contributed by atoms with Gasteiger partial charge in [0.1, 0.15) is 5.75 Å². The van der Waals surface area contributed by atoms with E-state index >= 15 is 0 Å². The molecule has 0 aliphatic rings. The highest BCUT2D eigenvalue weighted by Gasteiger charge is 2.05. The van der Waals surface area contributed by atoms with E-state index in [1.807, 2.05) is 31.2 Å². The number of amides is 1. The number of ether oxygens (including phenoxy) is 1. The average molecular weight is 264 g/mol. The molecule has 0 heterocycles. The summed E-state index contributed by atoms with van der Waals surface area (Å²) < 4.78 is 5.72. The molecule has 0 bridgehead atoms. The Labute approximate surface area is 115 Å². The third-order valence-electron chi connectivity index (χ3n) is 2.47. The minimum atomic E-state index is 0.000475. The van der Waals surface area contributed by atoms with Gasteiger partial charge in [-0.05, 0) is 24.5 Å². The summed E-state index contributed by atoms with van der Waals surface area (Å²) in [6, 6.07) is 7.68. The second kappa shape index (κ2) is 8.40. The Morgan fingerprint density at radius 1 is 1.32 bits per heavy atom. The van der Waals surface area contributed by atoms with Crippen LogP contribution in [0.5, 0.6) is 5.75 Å². The molecule has 0 unspecified atom stereocenters. The van der Waals surface area contributed by atoms with Gasteiger partial charge in [-0.2, -0.15) is 0 Å². The zero-order valence-corrected chi connectivity index (χ0v) is 12.0. The fraction of sp³-hybridized carbons (Fsp3) is 0.533. The third kappa shape index (κ3) is 6.13. The van der Waals surface area contributed by atoms with Crippen LogP contribution in [0, 0.1) is 5.92 Å². The normalized spacial score (nSPS) is 10.3. The highest BCUT2D eigenvalue weighted by Crippen LogP contribution is 2.23. The second-order valence-electron chi connectivity index (χ2n) is 4.90. The van der Waals surface area contributed by atoms with E-state index in [9.17, 15) is 4.79 Å². The van der Waals surface area contributed by atoms with Crippen molar-refractivity contribution >= 4 is 11.6 Å². The van der Waals surface area contributed by atoms with Gasteiger partial charge in [0.25, 0.3) is 0 Å². The summed E-state index contributed by atoms with van der Waals surface area (Å²) in [6.07, 6.45) is 0.944. The van der Waals surface area contributed by atoms with E-state index in [1.165, 1.54) is 0 Å². The number of benzene rings is 1. The van der Waals surface area contributed by atoms with E-state index in [2.05, 4.69) is 24.5 Å². The zero-order valence-electron chi connectivity index (χ0n) is 12.0. The van der Waals surface area contributed by atoms with Crippen LogP contribution < -0.4 is 15.4 Å². The van der Waals surface area contributed by atoms with Crippen molar-refractivity contribution in [1.82, 2.24) is 5.32 Å². The first-order valence-electron chi connectivity index (χ1n) is 6.85. The van der Waals surface area contributed by atoms with Crippen LogP contribution in [0.15, 0.2) is 24.3 Å². The van der Waals surface area contributed by atoms with E-state index in [-0.39, 0.29) is 12.5 Å². The standard InChI is InChI=1S/C15H24N2O2/c1-4-9-16-15(18)10-17-13-7-5-6-8-14(13)19-11-12(2)3/h5-8,12,17H,4,9-11H2,1-3H3,(H,16,18). The van der Waals surface area contributed by atoms with Crippen LogP contribution in [-0.2, 0) is 4.79 Å². The maximum Gasteiger partial charge on any atom is 0.239 e. The van der Waals surface area contributed by atoms with Crippen molar-refractivity contribution in [2.45, 2.75) is 27.2 Å². The summed E-state index contributed by atoms with van der Waals surface area (Å²) in [5, 5.41) is 5.94. The molecular formula is C15H24N2O2. The highest BCUT2D eigenvalue weighted by atomic mass is 16.5. The van der Waals surface area contributed by atoms with Crippen LogP contribution in [-0.4, -0.2) is 25.6 Å². The van der Waals surface area contributed by atoms with E-state index < -0.39 is 0 Å². The van der Waals surface area contributed by atoms with Gasteiger partial charge in [-0.3, -0.25) is 4.79 Å². The SMILES string of the molecule is CCCNC(=O)CNc1ccccc1OCC(C)C. The predicted molar refractivity (Wildman–Crippen MR) is 78.6 cm³/mol. The Bertz CT molecular complexity index is 391. The summed E-state index contributed by atoms with van der Waals surface area (Å²) in [6.45, 7) is 7.89. The maximum atomic E-state index is 11.5. The molecule has 0 saturated heterocycles. The topological polar surface area (TPSA) is 50.4 Å². The molecule has 106 valence electrons. The summed E-state index contributed by atoms with van der Waals surface area (Å²) in [5.41, 5.74) is 0.856. The lowest BCUT2D eigenvalue weighted by Gasteiger charge is -2.14. The Kier molecular flexibility index (Phi) is 6.79. The van der Waals surface area contributed by atoms with Crippen LogP contribution in [0.25, 0.3) is 0 Å². The van der Waals surface area contributed by atoms with E-state index in [1.54, 1.807) is 0 Å². The summed E-state index contributed by atoms with van der Waals surface area (Å²) in [7, 11) is 0. The first-order chi connectivity index (χ1) is 9.13. The molecule has 0 spiro atoms. The van der Waals surface area contributed by atoms with Gasteiger partial charge in [0.05, 0.1) is 18.8 Å². The molecule has 19 heavy (non-hydrogen) atoms. The van der Waals surface area contributed by atoms with Crippen molar-refractivity contribution in [3.63, 3.8) is 0 Å². The molecule has 1 amide bonds. The van der Waals surface area contributed by atoms with Gasteiger partial charge < -0.3 is 15.4 Å². The molecule has 1 aromatic rings. The molecule has 0 saturated carbocycles. The number of hydrogen-bond acceptors (Lipinski definition) is 3. The van der Waals surface area contributed by atoms with Gasteiger partial charge in [0.2, 0.25) is 5.91 Å². The monoisotopic (exact) mass is 264 g/mol. The minimum absolute atomic E-state index is 0.000475. The number of nitrogens with one attached hydrogen (secondary N) is 2. The van der Waals surface area contributed by atoms with Gasteiger partial charge in [-0.1, -0.05) is 32.9 Å². The lowest BCUT2D eigenvalue weighted by Crippen LogP contribution is -2.30. The second-order valence-corrected chi connectivity index (χ2v) is 4.90. The van der Waals surface area contributed by atoms with Crippen LogP contribution in [0.3, 0.4) is 0 Å². The molecule has 0 aliphatic carbocycles. The Morgan fingerprint density at radius 3 is 2.74 bits per heavy atom. The number of para-hydroxylation sites is 2. The van der Waals surface area contributed by atoms with Crippen LogP contribution in [0.4, 0.5) is 5.69 Å². The van der Waals surface area contributed by atoms with Crippen molar-refractivity contribution < 1.29 is 9.53 Å². The lowest BCUT2D eigenvalue weighted by molar-refractivity contribution is -0.119. The molecule has 2 N–H and O–H groups in total. The van der Waals surface area contributed by atoms with E-state index in [0.717, 1.165) is 17.9 Å². The molecule has 0 aliphatic heterocycles. The molecule has 0 fully saturated rings. The van der Waals surface area contributed by atoms with E-state index in [0.29, 0.717) is 19.1 Å². The largest absolute Gasteiger partial charge is 0.491 e. The van der Waals surface area contributed by atoms with Crippen molar-refractivity contribution in [1.29, 1.82) is 0 Å². The quantitative estimate of drug-likeness (QED) is 0.759. The summed E-state index contributed by atoms with van der Waals surface area (Å²) in [5.74, 6) is 1.26. The smallest absolute Gasteiger partial charge is 0.239 e. The molecule has 0 radical (unpaired) electrons. The third-order valence-corrected chi connectivity index (χ3v) is 2.47. The number of hydrogen-bond donors (Lipinski definition) is 2. The lowest BCUT2D eigenvalue weighted by atomic mass is 10.2. The predicted octanol–water partition coefficient (Wildman–Crippen LogP) is 2.66. The number of anilines is 1. The number of carbonyl (C=O) groups excluding carboxylic acids is 1. The van der Waals surface area contributed by atoms with Gasteiger partial charge in [-0.15, -0.1) is 0 Å². The fourth-order valence-corrected chi connectivity index (χ4v) is 1.50.